The minimum atomic E-state index is -0.513. The minimum absolute atomic E-state index is 0.0931. The third-order valence-corrected chi connectivity index (χ3v) is 1.21. The molecule has 0 aromatic rings. The first-order valence-electron chi connectivity index (χ1n) is 3.31. The maximum Gasteiger partial charge on any atom is 0.351 e. The number of hydrogen-bond donors (Lipinski definition) is 1. The average molecular weight is 189 g/mol. The number of carbonyl (C=O) groups is 1. The van der Waals surface area contributed by atoms with Crippen molar-refractivity contribution in [3.63, 3.8) is 0 Å². The summed E-state index contributed by atoms with van der Waals surface area (Å²) >= 11 is 4.57. The lowest BCUT2D eigenvalue weighted by Crippen LogP contribution is -2.27. The fourth-order valence-electron chi connectivity index (χ4n) is 0.370. The Kier molecular flexibility index (Phi) is 4.94. The van der Waals surface area contributed by atoms with Crippen LogP contribution in [0.25, 0.3) is 0 Å². The van der Waals surface area contributed by atoms with E-state index in [2.05, 4.69) is 22.1 Å². The van der Waals surface area contributed by atoms with Crippen molar-refractivity contribution in [1.82, 2.24) is 5.01 Å². The van der Waals surface area contributed by atoms with E-state index in [-0.39, 0.29) is 5.11 Å². The Labute approximate surface area is 76.2 Å². The Hall–Kier alpha value is -1.17. The lowest BCUT2D eigenvalue weighted by molar-refractivity contribution is -0.134. The van der Waals surface area contributed by atoms with Gasteiger partial charge in [0.15, 0.2) is 5.11 Å². The maximum absolute atomic E-state index is 10.7. The molecule has 0 radical (unpaired) electrons. The van der Waals surface area contributed by atoms with Gasteiger partial charge in [0.1, 0.15) is 6.21 Å². The molecule has 6 heteroatoms. The third-order valence-electron chi connectivity index (χ3n) is 0.942. The summed E-state index contributed by atoms with van der Waals surface area (Å²) in [5.41, 5.74) is 5.19. The fourth-order valence-corrected chi connectivity index (χ4v) is 0.417. The topological polar surface area (TPSA) is 67.9 Å². The van der Waals surface area contributed by atoms with Crippen molar-refractivity contribution in [2.24, 2.45) is 10.8 Å². The molecule has 0 unspecified atom stereocenters. The van der Waals surface area contributed by atoms with Gasteiger partial charge < -0.3 is 10.5 Å². The van der Waals surface area contributed by atoms with E-state index in [9.17, 15) is 4.79 Å². The van der Waals surface area contributed by atoms with Crippen LogP contribution in [0.15, 0.2) is 5.10 Å². The van der Waals surface area contributed by atoms with Crippen molar-refractivity contribution in [2.75, 3.05) is 13.7 Å². The molecule has 0 heterocycles. The molecular formula is C6H11N3O2S. The summed E-state index contributed by atoms with van der Waals surface area (Å²) < 4.78 is 4.57. The Morgan fingerprint density at radius 2 is 2.42 bits per heavy atom. The molecule has 0 aromatic heterocycles. The number of nitrogens with zero attached hydrogens (tertiary/aromatic N) is 2. The Morgan fingerprint density at radius 3 is 2.83 bits per heavy atom. The highest BCUT2D eigenvalue weighted by atomic mass is 32.1. The van der Waals surface area contributed by atoms with Crippen molar-refractivity contribution in [2.45, 2.75) is 6.92 Å². The van der Waals surface area contributed by atoms with E-state index in [0.717, 1.165) is 6.21 Å². The summed E-state index contributed by atoms with van der Waals surface area (Å²) in [6.45, 7) is 2.03. The van der Waals surface area contributed by atoms with E-state index in [4.69, 9.17) is 5.73 Å². The first-order chi connectivity index (χ1) is 5.57. The van der Waals surface area contributed by atoms with Gasteiger partial charge in [0.2, 0.25) is 0 Å². The lowest BCUT2D eigenvalue weighted by Gasteiger charge is -2.07. The Bertz CT molecular complexity index is 205. The van der Waals surface area contributed by atoms with Crippen molar-refractivity contribution >= 4 is 29.5 Å². The number of hydrogen-bond acceptors (Lipinski definition) is 4. The van der Waals surface area contributed by atoms with E-state index in [1.54, 1.807) is 6.92 Å². The second-order valence-electron chi connectivity index (χ2n) is 1.86. The molecule has 68 valence electrons. The fraction of sp³-hybridized carbons (Fsp3) is 0.500. The van der Waals surface area contributed by atoms with Gasteiger partial charge in [-0.25, -0.2) is 9.80 Å². The molecule has 0 amide bonds. The number of rotatable bonds is 3. The molecule has 0 atom stereocenters. The summed E-state index contributed by atoms with van der Waals surface area (Å²) in [5.74, 6) is -0.513. The SMILES string of the molecule is CCOC(=O)/C=N/N(C)C(N)=S. The zero-order valence-corrected chi connectivity index (χ0v) is 7.80. The zero-order chi connectivity index (χ0) is 9.56. The van der Waals surface area contributed by atoms with Gasteiger partial charge in [0.25, 0.3) is 0 Å². The molecule has 0 saturated carbocycles. The first kappa shape index (κ1) is 10.8. The molecule has 0 rings (SSSR count). The molecule has 0 spiro atoms. The lowest BCUT2D eigenvalue weighted by atomic mass is 10.7. The van der Waals surface area contributed by atoms with E-state index >= 15 is 0 Å². The quantitative estimate of drug-likeness (QED) is 0.286. The van der Waals surface area contributed by atoms with Crippen LogP contribution in [0.4, 0.5) is 0 Å². The average Bonchev–Trinajstić information content (AvgIpc) is 2.00. The highest BCUT2D eigenvalue weighted by Crippen LogP contribution is 1.82. The largest absolute Gasteiger partial charge is 0.462 e. The molecule has 0 saturated heterocycles. The summed E-state index contributed by atoms with van der Waals surface area (Å²) in [6, 6.07) is 0. The van der Waals surface area contributed by atoms with Gasteiger partial charge in [-0.05, 0) is 19.1 Å². The highest BCUT2D eigenvalue weighted by molar-refractivity contribution is 7.80. The van der Waals surface area contributed by atoms with Crippen LogP contribution in [0, 0.1) is 0 Å². The van der Waals surface area contributed by atoms with Crippen LogP contribution in [-0.4, -0.2) is 36.0 Å². The number of ether oxygens (including phenoxy) is 1. The van der Waals surface area contributed by atoms with Crippen molar-refractivity contribution in [3.05, 3.63) is 0 Å². The molecule has 5 nitrogen and oxygen atoms in total. The van der Waals surface area contributed by atoms with E-state index in [1.807, 2.05) is 0 Å². The number of esters is 1. The Balaban J connectivity index is 3.89. The molecular weight excluding hydrogens is 178 g/mol. The van der Waals surface area contributed by atoms with Crippen LogP contribution in [0.5, 0.6) is 0 Å². The van der Waals surface area contributed by atoms with Crippen LogP contribution in [0.3, 0.4) is 0 Å². The third kappa shape index (κ3) is 4.62. The maximum atomic E-state index is 10.7. The van der Waals surface area contributed by atoms with Gasteiger partial charge >= 0.3 is 5.97 Å². The molecule has 0 fully saturated rings. The molecule has 0 aromatic carbocycles. The highest BCUT2D eigenvalue weighted by Gasteiger charge is 1.97. The van der Waals surface area contributed by atoms with Gasteiger partial charge in [0.05, 0.1) is 6.61 Å². The van der Waals surface area contributed by atoms with Gasteiger partial charge in [-0.1, -0.05) is 0 Å². The monoisotopic (exact) mass is 189 g/mol. The molecule has 2 N–H and O–H groups in total. The minimum Gasteiger partial charge on any atom is -0.462 e. The predicted molar refractivity (Wildman–Crippen MR) is 49.7 cm³/mol. The molecule has 12 heavy (non-hydrogen) atoms. The van der Waals surface area contributed by atoms with Crippen LogP contribution in [0.1, 0.15) is 6.92 Å². The van der Waals surface area contributed by atoms with Crippen LogP contribution < -0.4 is 5.73 Å². The predicted octanol–water partition coefficient (Wildman–Crippen LogP) is -0.289. The van der Waals surface area contributed by atoms with Crippen molar-refractivity contribution < 1.29 is 9.53 Å². The number of hydrazone groups is 1. The van der Waals surface area contributed by atoms with E-state index < -0.39 is 5.97 Å². The molecule has 0 aliphatic carbocycles. The number of nitrogens with two attached hydrogens (primary N) is 1. The van der Waals surface area contributed by atoms with Gasteiger partial charge in [-0.3, -0.25) is 0 Å². The van der Waals surface area contributed by atoms with Crippen molar-refractivity contribution in [3.8, 4) is 0 Å². The van der Waals surface area contributed by atoms with Gasteiger partial charge in [-0.2, -0.15) is 5.10 Å². The summed E-state index contributed by atoms with van der Waals surface area (Å²) in [6.07, 6.45) is 1.02. The first-order valence-corrected chi connectivity index (χ1v) is 3.72. The van der Waals surface area contributed by atoms with Crippen LogP contribution in [0.2, 0.25) is 0 Å². The van der Waals surface area contributed by atoms with Crippen LogP contribution in [-0.2, 0) is 9.53 Å². The zero-order valence-electron chi connectivity index (χ0n) is 6.98. The smallest absolute Gasteiger partial charge is 0.351 e. The van der Waals surface area contributed by atoms with Crippen LogP contribution >= 0.6 is 12.2 Å². The summed E-state index contributed by atoms with van der Waals surface area (Å²) in [4.78, 5) is 10.7. The molecule has 0 aliphatic rings. The number of thiocarbonyl (C=S) groups is 1. The Morgan fingerprint density at radius 1 is 1.83 bits per heavy atom. The van der Waals surface area contributed by atoms with Crippen molar-refractivity contribution in [1.29, 1.82) is 0 Å². The van der Waals surface area contributed by atoms with Gasteiger partial charge in [-0.15, -0.1) is 0 Å². The summed E-state index contributed by atoms with van der Waals surface area (Å²) in [7, 11) is 1.54. The standard InChI is InChI=1S/C6H11N3O2S/c1-3-11-5(10)4-8-9(2)6(7)12/h4H,3H2,1-2H3,(H2,7,12)/b8-4+. The second kappa shape index (κ2) is 5.48. The normalized spacial score (nSPS) is 9.83. The summed E-state index contributed by atoms with van der Waals surface area (Å²) in [5, 5.41) is 4.90. The molecule has 0 aliphatic heterocycles. The van der Waals surface area contributed by atoms with Gasteiger partial charge in [0, 0.05) is 7.05 Å². The van der Waals surface area contributed by atoms with E-state index in [0.29, 0.717) is 6.61 Å². The molecule has 0 bridgehead atoms. The number of carbonyl (C=O) groups excluding carboxylic acids is 1. The van der Waals surface area contributed by atoms with E-state index in [1.165, 1.54) is 12.1 Å². The second-order valence-corrected chi connectivity index (χ2v) is 2.28.